The van der Waals surface area contributed by atoms with Crippen molar-refractivity contribution in [3.8, 4) is 5.75 Å². The second-order valence-corrected chi connectivity index (χ2v) is 3.80. The summed E-state index contributed by atoms with van der Waals surface area (Å²) in [7, 11) is 0. The topological polar surface area (TPSA) is 82.3 Å². The summed E-state index contributed by atoms with van der Waals surface area (Å²) in [6.07, 6.45) is 5.63. The van der Waals surface area contributed by atoms with Gasteiger partial charge >= 0.3 is 5.97 Å². The number of aromatic nitrogens is 1. The number of carbonyl (C=O) groups is 1. The Morgan fingerprint density at radius 1 is 1.30 bits per heavy atom. The van der Waals surface area contributed by atoms with Crippen LogP contribution in [-0.4, -0.2) is 15.9 Å². The van der Waals surface area contributed by atoms with E-state index in [1.165, 1.54) is 30.5 Å². The van der Waals surface area contributed by atoms with Gasteiger partial charge < -0.3 is 4.74 Å². The fourth-order valence-electron chi connectivity index (χ4n) is 1.46. The number of nitro groups is 1. The van der Waals surface area contributed by atoms with Gasteiger partial charge in [0, 0.05) is 24.4 Å². The van der Waals surface area contributed by atoms with Crippen molar-refractivity contribution in [1.82, 2.24) is 4.98 Å². The van der Waals surface area contributed by atoms with Crippen molar-refractivity contribution in [2.45, 2.75) is 0 Å². The van der Waals surface area contributed by atoms with Crippen LogP contribution in [0.15, 0.2) is 54.9 Å². The first-order chi connectivity index (χ1) is 9.65. The van der Waals surface area contributed by atoms with Gasteiger partial charge in [0.1, 0.15) is 5.75 Å². The standard InChI is InChI=1S/C14H10N2O4/c17-14(20-13-5-2-8-15-10-13)7-6-11-3-1-4-12(9-11)16(18)19/h1-10H/b7-6+. The minimum Gasteiger partial charge on any atom is -0.422 e. The number of nitro benzene ring substituents is 1. The molecule has 0 atom stereocenters. The lowest BCUT2D eigenvalue weighted by atomic mass is 10.2. The smallest absolute Gasteiger partial charge is 0.336 e. The fourth-order valence-corrected chi connectivity index (χ4v) is 1.46. The van der Waals surface area contributed by atoms with Crippen molar-refractivity contribution >= 4 is 17.7 Å². The summed E-state index contributed by atoms with van der Waals surface area (Å²) >= 11 is 0. The van der Waals surface area contributed by atoms with Crippen LogP contribution < -0.4 is 4.74 Å². The predicted octanol–water partition coefficient (Wildman–Crippen LogP) is 2.61. The molecule has 100 valence electrons. The van der Waals surface area contributed by atoms with Crippen molar-refractivity contribution in [2.75, 3.05) is 0 Å². The Morgan fingerprint density at radius 2 is 2.15 bits per heavy atom. The fraction of sp³-hybridized carbons (Fsp3) is 0. The number of esters is 1. The van der Waals surface area contributed by atoms with Crippen LogP contribution in [0, 0.1) is 10.1 Å². The second kappa shape index (κ2) is 6.24. The summed E-state index contributed by atoms with van der Waals surface area (Å²) in [5.74, 6) is -0.245. The molecular formula is C14H10N2O4. The van der Waals surface area contributed by atoms with Crippen LogP contribution in [0.5, 0.6) is 5.75 Å². The van der Waals surface area contributed by atoms with E-state index in [0.29, 0.717) is 11.3 Å². The van der Waals surface area contributed by atoms with Gasteiger partial charge in [-0.25, -0.2) is 4.79 Å². The van der Waals surface area contributed by atoms with E-state index in [1.54, 1.807) is 30.5 Å². The molecule has 6 heteroatoms. The first kappa shape index (κ1) is 13.4. The normalized spacial score (nSPS) is 10.4. The summed E-state index contributed by atoms with van der Waals surface area (Å²) in [4.78, 5) is 25.5. The van der Waals surface area contributed by atoms with E-state index in [1.807, 2.05) is 0 Å². The van der Waals surface area contributed by atoms with Gasteiger partial charge in [-0.05, 0) is 23.8 Å². The van der Waals surface area contributed by atoms with Gasteiger partial charge in [-0.1, -0.05) is 12.1 Å². The third kappa shape index (κ3) is 3.74. The van der Waals surface area contributed by atoms with Crippen LogP contribution in [0.25, 0.3) is 6.08 Å². The SMILES string of the molecule is O=C(/C=C/c1cccc([N+](=O)[O-])c1)Oc1cccnc1. The van der Waals surface area contributed by atoms with Crippen molar-refractivity contribution < 1.29 is 14.5 Å². The highest BCUT2D eigenvalue weighted by Gasteiger charge is 2.04. The summed E-state index contributed by atoms with van der Waals surface area (Å²) in [6.45, 7) is 0. The van der Waals surface area contributed by atoms with Crippen LogP contribution in [-0.2, 0) is 4.79 Å². The third-order valence-electron chi connectivity index (χ3n) is 2.35. The molecule has 1 heterocycles. The summed E-state index contributed by atoms with van der Waals surface area (Å²) < 4.78 is 4.99. The number of nitrogens with zero attached hydrogens (tertiary/aromatic N) is 2. The van der Waals surface area contributed by atoms with Crippen LogP contribution in [0.2, 0.25) is 0 Å². The minimum atomic E-state index is -0.579. The van der Waals surface area contributed by atoms with Gasteiger partial charge in [-0.15, -0.1) is 0 Å². The first-order valence-electron chi connectivity index (χ1n) is 5.69. The Bertz CT molecular complexity index is 653. The van der Waals surface area contributed by atoms with Gasteiger partial charge in [0.25, 0.3) is 5.69 Å². The van der Waals surface area contributed by atoms with E-state index in [2.05, 4.69) is 4.98 Å². The van der Waals surface area contributed by atoms with Crippen molar-refractivity contribution in [1.29, 1.82) is 0 Å². The molecule has 20 heavy (non-hydrogen) atoms. The Balaban J connectivity index is 2.04. The van der Waals surface area contributed by atoms with Gasteiger partial charge in [0.15, 0.2) is 0 Å². The quantitative estimate of drug-likeness (QED) is 0.369. The zero-order chi connectivity index (χ0) is 14.4. The van der Waals surface area contributed by atoms with E-state index in [-0.39, 0.29) is 5.69 Å². The highest BCUT2D eigenvalue weighted by atomic mass is 16.6. The average molecular weight is 270 g/mol. The largest absolute Gasteiger partial charge is 0.422 e. The summed E-state index contributed by atoms with van der Waals surface area (Å²) in [5, 5.41) is 10.6. The molecule has 1 aromatic carbocycles. The molecule has 2 rings (SSSR count). The van der Waals surface area contributed by atoms with Crippen molar-refractivity contribution in [2.24, 2.45) is 0 Å². The molecule has 6 nitrogen and oxygen atoms in total. The Morgan fingerprint density at radius 3 is 2.85 bits per heavy atom. The van der Waals surface area contributed by atoms with Crippen LogP contribution in [0.3, 0.4) is 0 Å². The van der Waals surface area contributed by atoms with Crippen LogP contribution in [0.1, 0.15) is 5.56 Å². The Kier molecular flexibility index (Phi) is 4.18. The molecule has 0 saturated heterocycles. The molecular weight excluding hydrogens is 260 g/mol. The van der Waals surface area contributed by atoms with Crippen LogP contribution >= 0.6 is 0 Å². The number of ether oxygens (including phenoxy) is 1. The average Bonchev–Trinajstić information content (AvgIpc) is 2.46. The third-order valence-corrected chi connectivity index (χ3v) is 2.35. The number of benzene rings is 1. The number of hydrogen-bond donors (Lipinski definition) is 0. The van der Waals surface area contributed by atoms with E-state index in [9.17, 15) is 14.9 Å². The van der Waals surface area contributed by atoms with Gasteiger partial charge in [-0.2, -0.15) is 0 Å². The number of pyridine rings is 1. The zero-order valence-corrected chi connectivity index (χ0v) is 10.3. The van der Waals surface area contributed by atoms with E-state index >= 15 is 0 Å². The molecule has 0 saturated carbocycles. The van der Waals surface area contributed by atoms with E-state index in [0.717, 1.165) is 0 Å². The minimum absolute atomic E-state index is 0.0345. The maximum atomic E-state index is 11.5. The monoisotopic (exact) mass is 270 g/mol. The van der Waals surface area contributed by atoms with Crippen molar-refractivity contribution in [3.05, 3.63) is 70.5 Å². The molecule has 2 aromatic rings. The molecule has 0 aliphatic heterocycles. The molecule has 0 bridgehead atoms. The molecule has 0 aliphatic carbocycles. The lowest BCUT2D eigenvalue weighted by molar-refractivity contribution is -0.384. The van der Waals surface area contributed by atoms with Crippen molar-refractivity contribution in [3.63, 3.8) is 0 Å². The molecule has 0 spiro atoms. The highest BCUT2D eigenvalue weighted by molar-refractivity contribution is 5.88. The molecule has 0 radical (unpaired) electrons. The second-order valence-electron chi connectivity index (χ2n) is 3.80. The van der Waals surface area contributed by atoms with E-state index < -0.39 is 10.9 Å². The maximum Gasteiger partial charge on any atom is 0.336 e. The molecule has 0 amide bonds. The summed E-state index contributed by atoms with van der Waals surface area (Å²) in [5.41, 5.74) is 0.509. The number of rotatable bonds is 4. The molecule has 0 aliphatic rings. The van der Waals surface area contributed by atoms with Gasteiger partial charge in [0.05, 0.1) is 11.1 Å². The number of carbonyl (C=O) groups excluding carboxylic acids is 1. The number of hydrogen-bond acceptors (Lipinski definition) is 5. The lowest BCUT2D eigenvalue weighted by Crippen LogP contribution is -2.03. The van der Waals surface area contributed by atoms with Crippen LogP contribution in [0.4, 0.5) is 5.69 Å². The zero-order valence-electron chi connectivity index (χ0n) is 10.3. The first-order valence-corrected chi connectivity index (χ1v) is 5.69. The highest BCUT2D eigenvalue weighted by Crippen LogP contribution is 2.14. The Hall–Kier alpha value is -3.02. The number of non-ortho nitro benzene ring substituents is 1. The maximum absolute atomic E-state index is 11.5. The summed E-state index contributed by atoms with van der Waals surface area (Å²) in [6, 6.07) is 9.20. The molecule has 1 aromatic heterocycles. The predicted molar refractivity (Wildman–Crippen MR) is 72.0 cm³/mol. The molecule has 0 unspecified atom stereocenters. The van der Waals surface area contributed by atoms with Gasteiger partial charge in [-0.3, -0.25) is 15.1 Å². The molecule has 0 N–H and O–H groups in total. The molecule has 0 fully saturated rings. The van der Waals surface area contributed by atoms with Gasteiger partial charge in [0.2, 0.25) is 0 Å². The van der Waals surface area contributed by atoms with E-state index in [4.69, 9.17) is 4.74 Å². The lowest BCUT2D eigenvalue weighted by Gasteiger charge is -1.99. The Labute approximate surface area is 114 Å².